The maximum Gasteiger partial charge on any atom is 0.0422 e. The summed E-state index contributed by atoms with van der Waals surface area (Å²) in [6, 6.07) is 12.4. The van der Waals surface area contributed by atoms with Crippen molar-refractivity contribution in [2.75, 3.05) is 11.5 Å². The van der Waals surface area contributed by atoms with Crippen molar-refractivity contribution in [3.63, 3.8) is 0 Å². The Hall–Kier alpha value is -1.87. The molecule has 0 saturated carbocycles. The van der Waals surface area contributed by atoms with Gasteiger partial charge in [0.05, 0.1) is 0 Å². The number of nitrogen functional groups attached to an aromatic ring is 2. The first kappa shape index (κ1) is 13.1. The molecule has 0 unspecified atom stereocenters. The molecule has 3 heteroatoms. The summed E-state index contributed by atoms with van der Waals surface area (Å²) in [7, 11) is 0. The Labute approximate surface area is 123 Å². The lowest BCUT2D eigenvalue weighted by Gasteiger charge is -2.14. The first-order chi connectivity index (χ1) is 9.70. The minimum atomic E-state index is 0.726. The molecule has 1 aliphatic rings. The summed E-state index contributed by atoms with van der Waals surface area (Å²) < 4.78 is 0. The molecule has 0 amide bonds. The summed E-state index contributed by atoms with van der Waals surface area (Å²) >= 11 is 1.70. The molecule has 2 aromatic carbocycles. The Morgan fingerprint density at radius 3 is 2.70 bits per heavy atom. The van der Waals surface area contributed by atoms with Crippen LogP contribution in [0.1, 0.15) is 25.3 Å². The summed E-state index contributed by atoms with van der Waals surface area (Å²) in [5.41, 5.74) is 16.2. The molecule has 102 valence electrons. The quantitative estimate of drug-likeness (QED) is 0.833. The Morgan fingerprint density at radius 2 is 1.90 bits per heavy atom. The molecule has 20 heavy (non-hydrogen) atoms. The van der Waals surface area contributed by atoms with Gasteiger partial charge in [-0.15, -0.1) is 0 Å². The van der Waals surface area contributed by atoms with E-state index >= 15 is 0 Å². The predicted octanol–water partition coefficient (Wildman–Crippen LogP) is 2.69. The standard InChI is InChI=1S/C17H18N2S/c1-2-5-14-13-7-4-3-6-11(13)10-20-16-9-12(18)8-15(19)17(14)16/h3-4,6-10H,2,5,18-19H2,1H3. The van der Waals surface area contributed by atoms with Crippen LogP contribution in [0, 0.1) is 0 Å². The van der Waals surface area contributed by atoms with Crippen LogP contribution >= 0.6 is 11.8 Å². The fraction of sp³-hybridized carbons (Fsp3) is 0.176. The number of nitrogens with two attached hydrogens (primary N) is 2. The van der Waals surface area contributed by atoms with E-state index in [4.69, 9.17) is 11.5 Å². The molecule has 2 nitrogen and oxygen atoms in total. The zero-order chi connectivity index (χ0) is 14.1. The molecule has 3 rings (SSSR count). The minimum absolute atomic E-state index is 0.726. The molecule has 0 radical (unpaired) electrons. The van der Waals surface area contributed by atoms with Crippen molar-refractivity contribution in [2.45, 2.75) is 24.7 Å². The van der Waals surface area contributed by atoms with Crippen LogP contribution < -0.4 is 21.9 Å². The van der Waals surface area contributed by atoms with E-state index in [1.54, 1.807) is 11.8 Å². The number of anilines is 2. The van der Waals surface area contributed by atoms with E-state index < -0.39 is 0 Å². The molecule has 4 N–H and O–H groups in total. The number of thioether (sulfide) groups is 1. The van der Waals surface area contributed by atoms with Gasteiger partial charge in [0, 0.05) is 21.8 Å². The van der Waals surface area contributed by atoms with Crippen molar-refractivity contribution in [3.05, 3.63) is 52.4 Å². The second kappa shape index (κ2) is 5.25. The van der Waals surface area contributed by atoms with Gasteiger partial charge in [0.1, 0.15) is 0 Å². The second-order valence-electron chi connectivity index (χ2n) is 5.03. The first-order valence-corrected chi connectivity index (χ1v) is 7.73. The van der Waals surface area contributed by atoms with Crippen LogP contribution in [0.3, 0.4) is 0 Å². The van der Waals surface area contributed by atoms with Gasteiger partial charge >= 0.3 is 0 Å². The van der Waals surface area contributed by atoms with Crippen LogP contribution in [0.2, 0.25) is 0 Å². The van der Waals surface area contributed by atoms with E-state index in [1.807, 2.05) is 12.1 Å². The highest BCUT2D eigenvalue weighted by atomic mass is 32.2. The van der Waals surface area contributed by atoms with E-state index in [0.29, 0.717) is 0 Å². The van der Waals surface area contributed by atoms with Crippen molar-refractivity contribution < 1.29 is 0 Å². The van der Waals surface area contributed by atoms with Gasteiger partial charge in [-0.25, -0.2) is 0 Å². The highest BCUT2D eigenvalue weighted by Crippen LogP contribution is 2.37. The average Bonchev–Trinajstić information content (AvgIpc) is 2.58. The molecule has 2 aromatic rings. The molecule has 0 aliphatic carbocycles. The van der Waals surface area contributed by atoms with Gasteiger partial charge in [0.15, 0.2) is 0 Å². The van der Waals surface area contributed by atoms with Crippen LogP contribution in [0.5, 0.6) is 0 Å². The highest BCUT2D eigenvalue weighted by molar-refractivity contribution is 8.06. The van der Waals surface area contributed by atoms with Crippen molar-refractivity contribution in [2.24, 2.45) is 0 Å². The lowest BCUT2D eigenvalue weighted by molar-refractivity contribution is 0.964. The van der Waals surface area contributed by atoms with Crippen molar-refractivity contribution in [1.82, 2.24) is 0 Å². The van der Waals surface area contributed by atoms with E-state index in [-0.39, 0.29) is 0 Å². The monoisotopic (exact) mass is 282 g/mol. The van der Waals surface area contributed by atoms with Crippen LogP contribution in [0.4, 0.5) is 11.4 Å². The van der Waals surface area contributed by atoms with Gasteiger partial charge in [-0.2, -0.15) is 0 Å². The van der Waals surface area contributed by atoms with Gasteiger partial charge < -0.3 is 11.5 Å². The van der Waals surface area contributed by atoms with E-state index in [2.05, 4.69) is 36.6 Å². The smallest absolute Gasteiger partial charge is 0.0422 e. The molecule has 1 heterocycles. The normalized spacial score (nSPS) is 13.2. The van der Waals surface area contributed by atoms with Crippen molar-refractivity contribution >= 4 is 34.1 Å². The summed E-state index contributed by atoms with van der Waals surface area (Å²) in [6.45, 7) is 2.20. The van der Waals surface area contributed by atoms with Gasteiger partial charge in [0.25, 0.3) is 0 Å². The van der Waals surface area contributed by atoms with Gasteiger partial charge in [-0.05, 0) is 40.0 Å². The Bertz CT molecular complexity index is 778. The van der Waals surface area contributed by atoms with Crippen LogP contribution in [-0.2, 0) is 0 Å². The Balaban J connectivity index is 2.42. The number of fused-ring (bicyclic) bond motifs is 2. The SMILES string of the molecule is CCCC1=c2ccccc2=CSc2cc(N)cc(N)c21. The molecule has 0 aromatic heterocycles. The van der Waals surface area contributed by atoms with Crippen LogP contribution in [-0.4, -0.2) is 0 Å². The molecule has 0 fully saturated rings. The summed E-state index contributed by atoms with van der Waals surface area (Å²) in [5.74, 6) is 0. The lowest BCUT2D eigenvalue weighted by atomic mass is 9.96. The third kappa shape index (κ3) is 2.18. The fourth-order valence-electron chi connectivity index (χ4n) is 2.72. The number of rotatable bonds is 2. The largest absolute Gasteiger partial charge is 0.399 e. The van der Waals surface area contributed by atoms with Gasteiger partial charge in [0.2, 0.25) is 0 Å². The zero-order valence-corrected chi connectivity index (χ0v) is 12.3. The topological polar surface area (TPSA) is 52.0 Å². The number of hydrogen-bond donors (Lipinski definition) is 2. The predicted molar refractivity (Wildman–Crippen MR) is 88.7 cm³/mol. The first-order valence-electron chi connectivity index (χ1n) is 6.85. The molecule has 0 atom stereocenters. The maximum absolute atomic E-state index is 6.26. The fourth-order valence-corrected chi connectivity index (χ4v) is 3.74. The van der Waals surface area contributed by atoms with Crippen molar-refractivity contribution in [1.29, 1.82) is 0 Å². The zero-order valence-electron chi connectivity index (χ0n) is 11.5. The van der Waals surface area contributed by atoms with Gasteiger partial charge in [-0.3, -0.25) is 0 Å². The molecule has 0 spiro atoms. The van der Waals surface area contributed by atoms with Crippen LogP contribution in [0.25, 0.3) is 11.0 Å². The van der Waals surface area contributed by atoms with E-state index in [1.165, 1.54) is 16.0 Å². The molecule has 1 aliphatic heterocycles. The number of benzene rings is 2. The molecular weight excluding hydrogens is 264 g/mol. The Kier molecular flexibility index (Phi) is 3.45. The Morgan fingerprint density at radius 1 is 1.10 bits per heavy atom. The molecular formula is C17H18N2S. The van der Waals surface area contributed by atoms with E-state index in [9.17, 15) is 0 Å². The van der Waals surface area contributed by atoms with Gasteiger partial charge in [-0.1, -0.05) is 49.4 Å². The summed E-state index contributed by atoms with van der Waals surface area (Å²) in [6.07, 6.45) is 2.12. The average molecular weight is 282 g/mol. The van der Waals surface area contributed by atoms with Crippen LogP contribution in [0.15, 0.2) is 41.3 Å². The minimum Gasteiger partial charge on any atom is -0.399 e. The maximum atomic E-state index is 6.26. The summed E-state index contributed by atoms with van der Waals surface area (Å²) in [4.78, 5) is 1.15. The third-order valence-electron chi connectivity index (χ3n) is 3.56. The van der Waals surface area contributed by atoms with E-state index in [0.717, 1.165) is 34.7 Å². The van der Waals surface area contributed by atoms with Crippen molar-refractivity contribution in [3.8, 4) is 0 Å². The third-order valence-corrected chi connectivity index (χ3v) is 4.50. The molecule has 0 bridgehead atoms. The highest BCUT2D eigenvalue weighted by Gasteiger charge is 2.15. The second-order valence-corrected chi connectivity index (χ2v) is 5.95. The molecule has 0 saturated heterocycles. The number of hydrogen-bond acceptors (Lipinski definition) is 3. The summed E-state index contributed by atoms with van der Waals surface area (Å²) in [5, 5.41) is 4.74. The lowest BCUT2D eigenvalue weighted by Crippen LogP contribution is -2.26.